The maximum Gasteiger partial charge on any atom is 0.430 e. The Balaban J connectivity index is 2.72. The third kappa shape index (κ3) is 4.70. The van der Waals surface area contributed by atoms with Crippen LogP contribution in [-0.2, 0) is 20.4 Å². The zero-order chi connectivity index (χ0) is 21.5. The van der Waals surface area contributed by atoms with Gasteiger partial charge in [0.1, 0.15) is 5.75 Å². The highest BCUT2D eigenvalue weighted by Crippen LogP contribution is 2.45. The molecule has 2 rings (SSSR count). The van der Waals surface area contributed by atoms with Gasteiger partial charge in [-0.3, -0.25) is 0 Å². The lowest BCUT2D eigenvalue weighted by molar-refractivity contribution is -0.188. The number of benzene rings is 1. The Hall–Kier alpha value is -1.98. The first kappa shape index (κ1) is 22.3. The second-order valence-electron chi connectivity index (χ2n) is 9.22. The van der Waals surface area contributed by atoms with Crippen molar-refractivity contribution in [1.29, 1.82) is 0 Å². The van der Waals surface area contributed by atoms with E-state index in [0.717, 1.165) is 5.56 Å². The fourth-order valence-corrected chi connectivity index (χ4v) is 2.99. The van der Waals surface area contributed by atoms with Crippen LogP contribution in [0.5, 0.6) is 5.75 Å². The van der Waals surface area contributed by atoms with Crippen LogP contribution in [0.25, 0.3) is 6.08 Å². The number of hydrogen-bond donors (Lipinski definition) is 0. The first-order valence-corrected chi connectivity index (χ1v) is 9.47. The number of ether oxygens (including phenoxy) is 2. The van der Waals surface area contributed by atoms with Crippen LogP contribution in [0.4, 0.5) is 13.2 Å². The van der Waals surface area contributed by atoms with Crippen molar-refractivity contribution in [3.8, 4) is 5.75 Å². The zero-order valence-corrected chi connectivity index (χ0v) is 17.6. The van der Waals surface area contributed by atoms with E-state index >= 15 is 0 Å². The number of carbonyl (C=O) groups is 1. The van der Waals surface area contributed by atoms with Gasteiger partial charge in [0.05, 0.1) is 12.2 Å². The molecule has 1 aromatic carbocycles. The normalized spacial score (nSPS) is 17.5. The molecule has 1 aliphatic rings. The summed E-state index contributed by atoms with van der Waals surface area (Å²) in [4.78, 5) is 12.3. The number of carbonyl (C=O) groups excluding carboxylic acids is 1. The van der Waals surface area contributed by atoms with E-state index in [2.05, 4.69) is 0 Å². The molecule has 0 aliphatic carbocycles. The predicted octanol–water partition coefficient (Wildman–Crippen LogP) is 5.94. The van der Waals surface area contributed by atoms with Gasteiger partial charge in [-0.2, -0.15) is 13.2 Å². The minimum atomic E-state index is -4.73. The maximum absolute atomic E-state index is 13.7. The summed E-state index contributed by atoms with van der Waals surface area (Å²) in [6, 6.07) is 3.70. The Bertz CT molecular complexity index is 778. The molecule has 0 radical (unpaired) electrons. The molecular formula is C22H29F3O3. The molecule has 1 aromatic rings. The molecule has 0 amide bonds. The van der Waals surface area contributed by atoms with Gasteiger partial charge in [-0.05, 0) is 35.0 Å². The summed E-state index contributed by atoms with van der Waals surface area (Å²) in [7, 11) is 0. The van der Waals surface area contributed by atoms with E-state index in [9.17, 15) is 18.0 Å². The van der Waals surface area contributed by atoms with Gasteiger partial charge in [-0.15, -0.1) is 0 Å². The van der Waals surface area contributed by atoms with Crippen LogP contribution >= 0.6 is 0 Å². The molecule has 0 saturated carbocycles. The van der Waals surface area contributed by atoms with Crippen molar-refractivity contribution in [1.82, 2.24) is 0 Å². The highest BCUT2D eigenvalue weighted by molar-refractivity contribution is 5.96. The Morgan fingerprint density at radius 1 is 1.07 bits per heavy atom. The van der Waals surface area contributed by atoms with Crippen molar-refractivity contribution in [2.45, 2.75) is 78.0 Å². The molecule has 0 fully saturated rings. The van der Waals surface area contributed by atoms with E-state index in [1.807, 2.05) is 47.6 Å². The minimum absolute atomic E-state index is 0.0584. The third-order valence-corrected chi connectivity index (χ3v) is 4.59. The van der Waals surface area contributed by atoms with E-state index in [4.69, 9.17) is 9.47 Å². The highest BCUT2D eigenvalue weighted by Gasteiger charge is 2.49. The fourth-order valence-electron chi connectivity index (χ4n) is 2.99. The van der Waals surface area contributed by atoms with Crippen LogP contribution in [0.3, 0.4) is 0 Å². The van der Waals surface area contributed by atoms with E-state index < -0.39 is 29.2 Å². The number of hydrogen-bond acceptors (Lipinski definition) is 3. The van der Waals surface area contributed by atoms with Crippen molar-refractivity contribution < 1.29 is 27.4 Å². The molecule has 0 N–H and O–H groups in total. The summed E-state index contributed by atoms with van der Waals surface area (Å²) in [5, 5.41) is 0. The molecule has 1 heterocycles. The number of halogens is 3. The van der Waals surface area contributed by atoms with Crippen molar-refractivity contribution in [3.63, 3.8) is 0 Å². The molecule has 1 unspecified atom stereocenters. The average Bonchev–Trinajstić information content (AvgIpc) is 2.54. The lowest BCUT2D eigenvalue weighted by Crippen LogP contribution is -2.41. The van der Waals surface area contributed by atoms with E-state index in [1.165, 1.54) is 6.08 Å². The van der Waals surface area contributed by atoms with Crippen molar-refractivity contribution in [2.75, 3.05) is 6.61 Å². The number of esters is 1. The summed E-state index contributed by atoms with van der Waals surface area (Å²) in [5.41, 5.74) is 0.951. The lowest BCUT2D eigenvalue weighted by atomic mass is 9.78. The molecule has 28 heavy (non-hydrogen) atoms. The number of fused-ring (bicyclic) bond motifs is 1. The second-order valence-corrected chi connectivity index (χ2v) is 9.22. The maximum atomic E-state index is 13.7. The molecule has 6 heteroatoms. The van der Waals surface area contributed by atoms with Crippen LogP contribution in [-0.4, -0.2) is 24.9 Å². The van der Waals surface area contributed by atoms with Gasteiger partial charge in [-0.1, -0.05) is 54.5 Å². The molecule has 0 saturated heterocycles. The Morgan fingerprint density at radius 3 is 2.14 bits per heavy atom. The third-order valence-electron chi connectivity index (χ3n) is 4.59. The SMILES string of the molecule is CCCOC(=O)C1=Cc2cc(C(C)(C)C)cc(C(C)(C)C)c2OC1C(F)(F)F. The summed E-state index contributed by atoms with van der Waals surface area (Å²) in [5.74, 6) is -0.817. The predicted molar refractivity (Wildman–Crippen MR) is 104 cm³/mol. The van der Waals surface area contributed by atoms with Crippen LogP contribution in [0.1, 0.15) is 71.6 Å². The van der Waals surface area contributed by atoms with Gasteiger partial charge in [0.25, 0.3) is 0 Å². The molecule has 0 bridgehead atoms. The van der Waals surface area contributed by atoms with Gasteiger partial charge < -0.3 is 9.47 Å². The molecule has 1 aliphatic heterocycles. The van der Waals surface area contributed by atoms with Crippen molar-refractivity contribution in [3.05, 3.63) is 34.4 Å². The molecular weight excluding hydrogens is 369 g/mol. The van der Waals surface area contributed by atoms with Crippen LogP contribution in [0, 0.1) is 0 Å². The highest BCUT2D eigenvalue weighted by atomic mass is 19.4. The zero-order valence-electron chi connectivity index (χ0n) is 17.6. The van der Waals surface area contributed by atoms with Gasteiger partial charge in [0.15, 0.2) is 0 Å². The summed E-state index contributed by atoms with van der Waals surface area (Å²) in [6.07, 6.45) is -5.27. The Labute approximate surface area is 164 Å². The van der Waals surface area contributed by atoms with Crippen molar-refractivity contribution >= 4 is 12.0 Å². The first-order chi connectivity index (χ1) is 12.7. The monoisotopic (exact) mass is 398 g/mol. The second kappa shape index (κ2) is 7.45. The van der Waals surface area contributed by atoms with Gasteiger partial charge >= 0.3 is 12.1 Å². The Kier molecular flexibility index (Phi) is 5.94. The summed E-state index contributed by atoms with van der Waals surface area (Å²) >= 11 is 0. The van der Waals surface area contributed by atoms with E-state index in [0.29, 0.717) is 17.5 Å². The van der Waals surface area contributed by atoms with Crippen LogP contribution in [0.15, 0.2) is 17.7 Å². The standard InChI is InChI=1S/C22H29F3O3/c1-8-9-27-19(26)15-11-13-10-14(20(2,3)4)12-16(21(5,6)7)17(13)28-18(15)22(23,24)25/h10-12,18H,8-9H2,1-7H3. The quantitative estimate of drug-likeness (QED) is 0.591. The van der Waals surface area contributed by atoms with Gasteiger partial charge in [-0.25, -0.2) is 4.79 Å². The van der Waals surface area contributed by atoms with Crippen LogP contribution in [0.2, 0.25) is 0 Å². The fraction of sp³-hybridized carbons (Fsp3) is 0.591. The minimum Gasteiger partial charge on any atom is -0.475 e. The first-order valence-electron chi connectivity index (χ1n) is 9.47. The van der Waals surface area contributed by atoms with Gasteiger partial charge in [0.2, 0.25) is 6.10 Å². The van der Waals surface area contributed by atoms with E-state index in [-0.39, 0.29) is 17.8 Å². The molecule has 3 nitrogen and oxygen atoms in total. The average molecular weight is 398 g/mol. The van der Waals surface area contributed by atoms with E-state index in [1.54, 1.807) is 13.0 Å². The molecule has 156 valence electrons. The molecule has 1 atom stereocenters. The molecule has 0 spiro atoms. The van der Waals surface area contributed by atoms with Crippen LogP contribution < -0.4 is 4.74 Å². The lowest BCUT2D eigenvalue weighted by Gasteiger charge is -2.34. The van der Waals surface area contributed by atoms with Gasteiger partial charge in [0, 0.05) is 11.1 Å². The largest absolute Gasteiger partial charge is 0.475 e. The number of alkyl halides is 3. The van der Waals surface area contributed by atoms with Crippen molar-refractivity contribution in [2.24, 2.45) is 0 Å². The molecule has 0 aromatic heterocycles. The number of rotatable bonds is 3. The topological polar surface area (TPSA) is 35.5 Å². The Morgan fingerprint density at radius 2 is 1.68 bits per heavy atom. The summed E-state index contributed by atoms with van der Waals surface area (Å²) < 4.78 is 51.5. The summed E-state index contributed by atoms with van der Waals surface area (Å²) in [6.45, 7) is 13.7. The smallest absolute Gasteiger partial charge is 0.430 e.